The summed E-state index contributed by atoms with van der Waals surface area (Å²) < 4.78 is 0. The van der Waals surface area contributed by atoms with Crippen LogP contribution < -0.4 is 0 Å². The van der Waals surface area contributed by atoms with Crippen molar-refractivity contribution in [1.82, 2.24) is 14.7 Å². The lowest BCUT2D eigenvalue weighted by molar-refractivity contribution is -0.135. The number of aryl methyl sites for hydroxylation is 1. The van der Waals surface area contributed by atoms with Gasteiger partial charge in [-0.15, -0.1) is 11.3 Å². The molecule has 1 fully saturated rings. The third kappa shape index (κ3) is 5.01. The summed E-state index contributed by atoms with van der Waals surface area (Å²) in [5.74, 6) is 0.118. The molecule has 5 rings (SSSR count). The van der Waals surface area contributed by atoms with Crippen molar-refractivity contribution < 1.29 is 9.59 Å². The second-order valence-electron chi connectivity index (χ2n) is 9.53. The van der Waals surface area contributed by atoms with Crippen LogP contribution in [-0.4, -0.2) is 65.3 Å². The van der Waals surface area contributed by atoms with E-state index in [2.05, 4.69) is 47.5 Å². The van der Waals surface area contributed by atoms with E-state index in [0.717, 1.165) is 13.0 Å². The monoisotopic (exact) mass is 507 g/mol. The minimum absolute atomic E-state index is 0.0123. The number of fused-ring (bicyclic) bond motifs is 1. The van der Waals surface area contributed by atoms with E-state index in [1.54, 1.807) is 24.3 Å². The molecular weight excluding hydrogens is 478 g/mol. The maximum atomic E-state index is 13.4. The number of nitrogens with zero attached hydrogens (tertiary/aromatic N) is 3. The predicted octanol–water partition coefficient (Wildman–Crippen LogP) is 5.03. The Morgan fingerprint density at radius 2 is 1.74 bits per heavy atom. The van der Waals surface area contributed by atoms with E-state index in [0.29, 0.717) is 36.8 Å². The van der Waals surface area contributed by atoms with Gasteiger partial charge in [-0.3, -0.25) is 14.5 Å². The number of carbonyl (C=O) groups is 2. The van der Waals surface area contributed by atoms with Crippen LogP contribution in [0.2, 0.25) is 5.02 Å². The normalized spacial score (nSPS) is 20.5. The van der Waals surface area contributed by atoms with Crippen LogP contribution in [0.15, 0.2) is 60.0 Å². The van der Waals surface area contributed by atoms with Crippen LogP contribution in [0, 0.1) is 6.92 Å². The van der Waals surface area contributed by atoms with E-state index >= 15 is 0 Å². The summed E-state index contributed by atoms with van der Waals surface area (Å²) in [6.07, 6.45) is 0.975. The number of halogens is 1. The van der Waals surface area contributed by atoms with Crippen molar-refractivity contribution in [1.29, 1.82) is 0 Å². The molecule has 7 heteroatoms. The van der Waals surface area contributed by atoms with Crippen molar-refractivity contribution in [2.24, 2.45) is 0 Å². The molecule has 1 saturated heterocycles. The summed E-state index contributed by atoms with van der Waals surface area (Å²) in [6, 6.07) is 17.9. The number of hydrogen-bond acceptors (Lipinski definition) is 4. The SMILES string of the molecule is Cc1ccc([C@H]2c3ccsc3CCN2CC(=O)N2CCN(C(=O)c3ccc(Cl)cc3)[C@H](C)C2)cc1. The van der Waals surface area contributed by atoms with Gasteiger partial charge in [0.15, 0.2) is 0 Å². The van der Waals surface area contributed by atoms with Gasteiger partial charge in [0.2, 0.25) is 5.91 Å². The smallest absolute Gasteiger partial charge is 0.254 e. The molecular formula is C28H30ClN3O2S. The topological polar surface area (TPSA) is 43.9 Å². The number of thiophene rings is 1. The van der Waals surface area contributed by atoms with E-state index in [9.17, 15) is 9.59 Å². The van der Waals surface area contributed by atoms with E-state index in [1.807, 2.05) is 28.1 Å². The molecule has 0 bridgehead atoms. The molecule has 182 valence electrons. The van der Waals surface area contributed by atoms with E-state index in [-0.39, 0.29) is 23.9 Å². The van der Waals surface area contributed by atoms with Crippen LogP contribution in [0.3, 0.4) is 0 Å². The van der Waals surface area contributed by atoms with Crippen molar-refractivity contribution in [2.75, 3.05) is 32.7 Å². The van der Waals surface area contributed by atoms with Gasteiger partial charge in [0.1, 0.15) is 0 Å². The van der Waals surface area contributed by atoms with E-state index < -0.39 is 0 Å². The Kier molecular flexibility index (Phi) is 6.96. The molecule has 2 aliphatic rings. The van der Waals surface area contributed by atoms with Gasteiger partial charge >= 0.3 is 0 Å². The number of piperazine rings is 1. The highest BCUT2D eigenvalue weighted by Gasteiger charge is 2.34. The zero-order valence-electron chi connectivity index (χ0n) is 20.1. The second-order valence-corrected chi connectivity index (χ2v) is 11.0. The van der Waals surface area contributed by atoms with Gasteiger partial charge in [-0.1, -0.05) is 41.4 Å². The standard InChI is InChI=1S/C28H30ClN3O2S/c1-19-3-5-21(6-4-19)27-24-12-16-35-25(24)11-13-31(27)18-26(33)30-14-15-32(20(2)17-30)28(34)22-7-9-23(29)10-8-22/h3-10,12,16,20,27H,11,13-15,17-18H2,1-2H3/t20-,27+/m1/s1. The largest absolute Gasteiger partial charge is 0.338 e. The van der Waals surface area contributed by atoms with Gasteiger partial charge in [0.05, 0.1) is 12.6 Å². The number of hydrogen-bond donors (Lipinski definition) is 0. The van der Waals surface area contributed by atoms with Crippen molar-refractivity contribution in [2.45, 2.75) is 32.4 Å². The molecule has 0 N–H and O–H groups in total. The van der Waals surface area contributed by atoms with Gasteiger partial charge in [-0.2, -0.15) is 0 Å². The van der Waals surface area contributed by atoms with Gasteiger partial charge < -0.3 is 9.80 Å². The maximum absolute atomic E-state index is 13.4. The predicted molar refractivity (Wildman–Crippen MR) is 141 cm³/mol. The zero-order chi connectivity index (χ0) is 24.5. The maximum Gasteiger partial charge on any atom is 0.254 e. The first-order chi connectivity index (χ1) is 16.9. The average molecular weight is 508 g/mol. The minimum Gasteiger partial charge on any atom is -0.338 e. The molecule has 1 aromatic heterocycles. The molecule has 0 saturated carbocycles. The molecule has 0 unspecified atom stereocenters. The molecule has 35 heavy (non-hydrogen) atoms. The molecule has 2 aromatic carbocycles. The Morgan fingerprint density at radius 1 is 1.00 bits per heavy atom. The number of rotatable bonds is 4. The summed E-state index contributed by atoms with van der Waals surface area (Å²) in [5, 5.41) is 2.77. The Labute approximate surface area is 215 Å². The molecule has 2 aliphatic heterocycles. The van der Waals surface area contributed by atoms with Crippen LogP contribution in [0.1, 0.15) is 44.9 Å². The van der Waals surface area contributed by atoms with Crippen LogP contribution in [0.4, 0.5) is 0 Å². The lowest BCUT2D eigenvalue weighted by Crippen LogP contribution is -2.57. The summed E-state index contributed by atoms with van der Waals surface area (Å²) in [6.45, 7) is 6.99. The summed E-state index contributed by atoms with van der Waals surface area (Å²) in [7, 11) is 0. The Morgan fingerprint density at radius 3 is 2.46 bits per heavy atom. The highest BCUT2D eigenvalue weighted by molar-refractivity contribution is 7.10. The fourth-order valence-electron chi connectivity index (χ4n) is 5.20. The highest BCUT2D eigenvalue weighted by Crippen LogP contribution is 2.37. The lowest BCUT2D eigenvalue weighted by atomic mass is 9.92. The first kappa shape index (κ1) is 24.0. The second kappa shape index (κ2) is 10.1. The lowest BCUT2D eigenvalue weighted by Gasteiger charge is -2.42. The molecule has 0 aliphatic carbocycles. The summed E-state index contributed by atoms with van der Waals surface area (Å²) >= 11 is 7.78. The van der Waals surface area contributed by atoms with Gasteiger partial charge in [-0.05, 0) is 67.1 Å². The third-order valence-electron chi connectivity index (χ3n) is 7.13. The molecule has 2 atom stereocenters. The quantitative estimate of drug-likeness (QED) is 0.497. The van der Waals surface area contributed by atoms with Crippen molar-refractivity contribution >= 4 is 34.8 Å². The van der Waals surface area contributed by atoms with Gasteiger partial charge in [0.25, 0.3) is 5.91 Å². The molecule has 0 spiro atoms. The third-order valence-corrected chi connectivity index (χ3v) is 8.38. The van der Waals surface area contributed by atoms with Gasteiger partial charge in [0, 0.05) is 47.7 Å². The summed E-state index contributed by atoms with van der Waals surface area (Å²) in [4.78, 5) is 34.0. The van der Waals surface area contributed by atoms with Crippen molar-refractivity contribution in [3.63, 3.8) is 0 Å². The summed E-state index contributed by atoms with van der Waals surface area (Å²) in [5.41, 5.74) is 4.42. The zero-order valence-corrected chi connectivity index (χ0v) is 21.7. The Bertz CT molecular complexity index is 1210. The average Bonchev–Trinajstić information content (AvgIpc) is 3.33. The fourth-order valence-corrected chi connectivity index (χ4v) is 6.23. The first-order valence-electron chi connectivity index (χ1n) is 12.1. The van der Waals surface area contributed by atoms with Crippen molar-refractivity contribution in [3.8, 4) is 0 Å². The molecule has 2 amide bonds. The Balaban J connectivity index is 1.27. The minimum atomic E-state index is -0.0476. The van der Waals surface area contributed by atoms with E-state index in [1.165, 1.54) is 21.6 Å². The molecule has 3 heterocycles. The van der Waals surface area contributed by atoms with Crippen molar-refractivity contribution in [3.05, 3.63) is 92.1 Å². The fraction of sp³-hybridized carbons (Fsp3) is 0.357. The van der Waals surface area contributed by atoms with Crippen LogP contribution in [-0.2, 0) is 11.2 Å². The molecule has 5 nitrogen and oxygen atoms in total. The van der Waals surface area contributed by atoms with Crippen LogP contribution in [0.5, 0.6) is 0 Å². The number of benzene rings is 2. The Hall–Kier alpha value is -2.67. The molecule has 0 radical (unpaired) electrons. The van der Waals surface area contributed by atoms with Crippen LogP contribution in [0.25, 0.3) is 0 Å². The van der Waals surface area contributed by atoms with Crippen LogP contribution >= 0.6 is 22.9 Å². The van der Waals surface area contributed by atoms with E-state index in [4.69, 9.17) is 11.6 Å². The number of amides is 2. The highest BCUT2D eigenvalue weighted by atomic mass is 35.5. The number of carbonyl (C=O) groups excluding carboxylic acids is 2. The molecule has 3 aromatic rings. The van der Waals surface area contributed by atoms with Gasteiger partial charge in [-0.25, -0.2) is 0 Å². The first-order valence-corrected chi connectivity index (χ1v) is 13.4.